The van der Waals surface area contributed by atoms with Gasteiger partial charge in [-0.3, -0.25) is 19.7 Å². The van der Waals surface area contributed by atoms with E-state index in [2.05, 4.69) is 188 Å². The minimum Gasteiger partial charge on any atom is -0.308 e. The Labute approximate surface area is 399 Å². The SMILES string of the molecule is CC(C)(C)CN(C(=O)c1cc(-c2ccccc2-c2ccc(-c3ccccn3)cc2)cc(-c2ccccc2-c2ccc(-c3ccccn3)cc2)c1)c1ccc(-c2cc(-c3ccccc3)ccn2)cc1. The normalized spacial score (nSPS) is 11.3. The van der Waals surface area contributed by atoms with E-state index in [4.69, 9.17) is 4.98 Å². The molecule has 3 heterocycles. The smallest absolute Gasteiger partial charge is 0.258 e. The largest absolute Gasteiger partial charge is 0.308 e. The Balaban J connectivity index is 1.08. The summed E-state index contributed by atoms with van der Waals surface area (Å²) in [6, 6.07) is 75.1. The number of aromatic nitrogens is 3. The second-order valence-electron chi connectivity index (χ2n) is 18.3. The van der Waals surface area contributed by atoms with Gasteiger partial charge in [0.25, 0.3) is 5.91 Å². The van der Waals surface area contributed by atoms with Crippen LogP contribution in [0.2, 0.25) is 0 Å². The van der Waals surface area contributed by atoms with Crippen LogP contribution in [0.4, 0.5) is 5.69 Å². The fraction of sp³-hybridized carbons (Fsp3) is 0.0794. The lowest BCUT2D eigenvalue weighted by atomic mass is 9.88. The summed E-state index contributed by atoms with van der Waals surface area (Å²) in [5.41, 5.74) is 17.5. The molecule has 328 valence electrons. The van der Waals surface area contributed by atoms with Crippen LogP contribution in [-0.4, -0.2) is 27.4 Å². The standard InChI is InChI=1S/C63H50N4O/c1-63(2,3)43-67(54-33-31-49(32-34-54)61-42-50(35-38-66-61)44-15-5-4-6-16-44)62(68)53-40-51(57-19-9-7-17-55(57)45-23-27-47(28-24-45)59-21-11-13-36-64-59)39-52(41-53)58-20-10-8-18-56(58)46-25-29-48(30-26-46)60-22-12-14-37-65-60/h4-42H,43H2,1-3H3. The first-order valence-corrected chi connectivity index (χ1v) is 23.1. The van der Waals surface area contributed by atoms with Gasteiger partial charge in [0.15, 0.2) is 0 Å². The van der Waals surface area contributed by atoms with Gasteiger partial charge in [-0.2, -0.15) is 0 Å². The summed E-state index contributed by atoms with van der Waals surface area (Å²) in [6.45, 7) is 7.03. The van der Waals surface area contributed by atoms with Crippen molar-refractivity contribution in [3.63, 3.8) is 0 Å². The van der Waals surface area contributed by atoms with Crippen LogP contribution in [-0.2, 0) is 0 Å². The molecule has 0 spiro atoms. The zero-order valence-corrected chi connectivity index (χ0v) is 38.4. The highest BCUT2D eigenvalue weighted by atomic mass is 16.2. The third-order valence-electron chi connectivity index (χ3n) is 12.2. The van der Waals surface area contributed by atoms with E-state index in [1.807, 2.05) is 84.2 Å². The van der Waals surface area contributed by atoms with E-state index in [1.165, 1.54) is 0 Å². The van der Waals surface area contributed by atoms with Crippen LogP contribution < -0.4 is 4.90 Å². The number of carbonyl (C=O) groups excluding carboxylic acids is 1. The molecular weight excluding hydrogens is 829 g/mol. The van der Waals surface area contributed by atoms with Crippen molar-refractivity contribution in [2.75, 3.05) is 11.4 Å². The first-order chi connectivity index (χ1) is 33.2. The molecule has 0 unspecified atom stereocenters. The van der Waals surface area contributed by atoms with E-state index >= 15 is 4.79 Å². The van der Waals surface area contributed by atoms with Crippen molar-refractivity contribution in [1.82, 2.24) is 15.0 Å². The van der Waals surface area contributed by atoms with Gasteiger partial charge in [-0.15, -0.1) is 0 Å². The molecule has 3 aromatic heterocycles. The number of benzene rings is 7. The molecule has 68 heavy (non-hydrogen) atoms. The second kappa shape index (κ2) is 19.1. The van der Waals surface area contributed by atoms with Crippen LogP contribution in [0.5, 0.6) is 0 Å². The molecule has 1 amide bonds. The molecule has 5 heteroatoms. The molecule has 0 aliphatic carbocycles. The van der Waals surface area contributed by atoms with Gasteiger partial charge in [-0.25, -0.2) is 0 Å². The van der Waals surface area contributed by atoms with Gasteiger partial charge >= 0.3 is 0 Å². The summed E-state index contributed by atoms with van der Waals surface area (Å²) >= 11 is 0. The first kappa shape index (κ1) is 43.4. The highest BCUT2D eigenvalue weighted by Crippen LogP contribution is 2.40. The van der Waals surface area contributed by atoms with E-state index in [0.29, 0.717) is 12.1 Å². The topological polar surface area (TPSA) is 59.0 Å². The summed E-state index contributed by atoms with van der Waals surface area (Å²) in [6.07, 6.45) is 5.50. The van der Waals surface area contributed by atoms with Crippen molar-refractivity contribution in [3.05, 3.63) is 243 Å². The Morgan fingerprint density at radius 2 is 0.794 bits per heavy atom. The Bertz CT molecular complexity index is 3180. The lowest BCUT2D eigenvalue weighted by molar-refractivity contribution is 0.0977. The van der Waals surface area contributed by atoms with Crippen LogP contribution in [0.25, 0.3) is 89.4 Å². The first-order valence-electron chi connectivity index (χ1n) is 23.1. The Morgan fingerprint density at radius 1 is 0.368 bits per heavy atom. The second-order valence-corrected chi connectivity index (χ2v) is 18.3. The van der Waals surface area contributed by atoms with Crippen molar-refractivity contribution >= 4 is 11.6 Å². The number of amides is 1. The number of hydrogen-bond donors (Lipinski definition) is 0. The summed E-state index contributed by atoms with van der Waals surface area (Å²) in [4.78, 5) is 31.3. The van der Waals surface area contributed by atoms with E-state index in [-0.39, 0.29) is 11.3 Å². The molecular formula is C63H50N4O. The molecule has 0 aliphatic heterocycles. The van der Waals surface area contributed by atoms with Crippen LogP contribution in [0.15, 0.2) is 237 Å². The van der Waals surface area contributed by atoms with Crippen molar-refractivity contribution in [2.24, 2.45) is 5.41 Å². The van der Waals surface area contributed by atoms with Gasteiger partial charge in [0, 0.05) is 53.1 Å². The Morgan fingerprint density at radius 3 is 1.28 bits per heavy atom. The van der Waals surface area contributed by atoms with Gasteiger partial charge in [0.05, 0.1) is 17.1 Å². The maximum atomic E-state index is 15.5. The average molecular weight is 879 g/mol. The van der Waals surface area contributed by atoms with Crippen molar-refractivity contribution < 1.29 is 4.79 Å². The minimum atomic E-state index is -0.206. The van der Waals surface area contributed by atoms with Crippen LogP contribution in [0.1, 0.15) is 31.1 Å². The molecule has 5 nitrogen and oxygen atoms in total. The quantitative estimate of drug-likeness (QED) is 0.130. The van der Waals surface area contributed by atoms with Crippen LogP contribution in [0.3, 0.4) is 0 Å². The maximum Gasteiger partial charge on any atom is 0.258 e. The number of pyridine rings is 3. The van der Waals surface area contributed by atoms with Crippen LogP contribution >= 0.6 is 0 Å². The van der Waals surface area contributed by atoms with E-state index in [0.717, 1.165) is 95.1 Å². The zero-order chi connectivity index (χ0) is 46.5. The highest BCUT2D eigenvalue weighted by molar-refractivity contribution is 6.08. The van der Waals surface area contributed by atoms with Gasteiger partial charge < -0.3 is 4.90 Å². The lowest BCUT2D eigenvalue weighted by Crippen LogP contribution is -2.38. The molecule has 10 aromatic rings. The molecule has 0 radical (unpaired) electrons. The summed E-state index contributed by atoms with van der Waals surface area (Å²) in [7, 11) is 0. The summed E-state index contributed by atoms with van der Waals surface area (Å²) in [5, 5.41) is 0. The maximum absolute atomic E-state index is 15.5. The van der Waals surface area contributed by atoms with E-state index < -0.39 is 0 Å². The summed E-state index contributed by atoms with van der Waals surface area (Å²) < 4.78 is 0. The number of anilines is 1. The van der Waals surface area contributed by atoms with Gasteiger partial charge in [0.1, 0.15) is 0 Å². The predicted molar refractivity (Wildman–Crippen MR) is 281 cm³/mol. The highest BCUT2D eigenvalue weighted by Gasteiger charge is 2.26. The number of nitrogens with zero attached hydrogens (tertiary/aromatic N) is 4. The molecule has 0 aliphatic rings. The third kappa shape index (κ3) is 9.55. The zero-order valence-electron chi connectivity index (χ0n) is 38.4. The van der Waals surface area contributed by atoms with Crippen molar-refractivity contribution in [2.45, 2.75) is 20.8 Å². The third-order valence-corrected chi connectivity index (χ3v) is 12.2. The molecule has 0 saturated heterocycles. The summed E-state index contributed by atoms with van der Waals surface area (Å²) in [5.74, 6) is -0.0747. The average Bonchev–Trinajstić information content (AvgIpc) is 3.40. The molecule has 0 fully saturated rings. The number of carbonyl (C=O) groups is 1. The van der Waals surface area contributed by atoms with E-state index in [1.54, 1.807) is 0 Å². The minimum absolute atomic E-state index is 0.0747. The monoisotopic (exact) mass is 878 g/mol. The molecule has 0 saturated carbocycles. The fourth-order valence-electron chi connectivity index (χ4n) is 8.86. The van der Waals surface area contributed by atoms with E-state index in [9.17, 15) is 0 Å². The fourth-order valence-corrected chi connectivity index (χ4v) is 8.86. The van der Waals surface area contributed by atoms with Crippen LogP contribution in [0, 0.1) is 5.41 Å². The lowest BCUT2D eigenvalue weighted by Gasteiger charge is -2.31. The molecule has 0 bridgehead atoms. The van der Waals surface area contributed by atoms with Crippen molar-refractivity contribution in [1.29, 1.82) is 0 Å². The predicted octanol–water partition coefficient (Wildman–Crippen LogP) is 15.9. The van der Waals surface area contributed by atoms with Crippen molar-refractivity contribution in [3.8, 4) is 89.4 Å². The molecule has 0 atom stereocenters. The molecule has 7 aromatic carbocycles. The number of hydrogen-bond acceptors (Lipinski definition) is 4. The Hall–Kier alpha value is -8.54. The molecule has 10 rings (SSSR count). The molecule has 0 N–H and O–H groups in total. The van der Waals surface area contributed by atoms with Gasteiger partial charge in [-0.05, 0) is 128 Å². The van der Waals surface area contributed by atoms with Gasteiger partial charge in [0.2, 0.25) is 0 Å². The number of rotatable bonds is 11. The Kier molecular flexibility index (Phi) is 12.2. The van der Waals surface area contributed by atoms with Gasteiger partial charge in [-0.1, -0.05) is 172 Å².